The molecular formula is C24H29N3O4. The Balaban J connectivity index is 1.05. The van der Waals surface area contributed by atoms with E-state index in [1.54, 1.807) is 24.3 Å². The van der Waals surface area contributed by atoms with Crippen molar-refractivity contribution in [3.8, 4) is 0 Å². The van der Waals surface area contributed by atoms with Crippen molar-refractivity contribution < 1.29 is 19.2 Å². The van der Waals surface area contributed by atoms with E-state index in [-0.39, 0.29) is 42.0 Å². The third-order valence-corrected chi connectivity index (χ3v) is 7.71. The lowest BCUT2D eigenvalue weighted by Crippen LogP contribution is -2.50. The van der Waals surface area contributed by atoms with Gasteiger partial charge in [0.05, 0.1) is 11.1 Å². The molecule has 0 saturated heterocycles. The Morgan fingerprint density at radius 1 is 0.871 bits per heavy atom. The molecule has 5 aliphatic rings. The maximum Gasteiger partial charge on any atom is 0.261 e. The molecule has 0 radical (unpaired) electrons. The summed E-state index contributed by atoms with van der Waals surface area (Å²) >= 11 is 0. The lowest BCUT2D eigenvalue weighted by Gasteiger charge is -2.56. The standard InChI is InChI=1S/C24H29N3O4/c28-20(6-3-7-27-22(30)18-4-1-2-5-19(18)23(27)31)25-26-21(29)14-24-11-15-8-16(12-24)10-17(9-15)13-24/h1-2,4-5,15-17H,3,6-14H2,(H,25,28)(H,26,29). The molecule has 6 rings (SSSR count). The van der Waals surface area contributed by atoms with Crippen LogP contribution in [0.15, 0.2) is 24.3 Å². The van der Waals surface area contributed by atoms with Gasteiger partial charge in [-0.3, -0.25) is 34.9 Å². The molecule has 164 valence electrons. The van der Waals surface area contributed by atoms with Crippen molar-refractivity contribution in [1.29, 1.82) is 0 Å². The van der Waals surface area contributed by atoms with Crippen LogP contribution in [0.25, 0.3) is 0 Å². The average molecular weight is 424 g/mol. The van der Waals surface area contributed by atoms with Crippen LogP contribution in [0.4, 0.5) is 0 Å². The van der Waals surface area contributed by atoms with E-state index in [0.717, 1.165) is 37.0 Å². The summed E-state index contributed by atoms with van der Waals surface area (Å²) < 4.78 is 0. The van der Waals surface area contributed by atoms with Gasteiger partial charge in [0.1, 0.15) is 0 Å². The molecule has 0 aromatic heterocycles. The molecular weight excluding hydrogens is 394 g/mol. The summed E-state index contributed by atoms with van der Waals surface area (Å²) in [5.41, 5.74) is 6.04. The molecule has 7 heteroatoms. The zero-order valence-corrected chi connectivity index (χ0v) is 17.7. The third-order valence-electron chi connectivity index (χ3n) is 7.71. The number of hydrogen-bond acceptors (Lipinski definition) is 4. The summed E-state index contributed by atoms with van der Waals surface area (Å²) in [6, 6.07) is 6.74. The van der Waals surface area contributed by atoms with Gasteiger partial charge >= 0.3 is 0 Å². The number of imide groups is 1. The summed E-state index contributed by atoms with van der Waals surface area (Å²) in [6.07, 6.45) is 8.45. The van der Waals surface area contributed by atoms with E-state index in [1.807, 2.05) is 0 Å². The zero-order valence-electron chi connectivity index (χ0n) is 17.7. The predicted octanol–water partition coefficient (Wildman–Crippen LogP) is 2.82. The molecule has 7 nitrogen and oxygen atoms in total. The van der Waals surface area contributed by atoms with Gasteiger partial charge in [0, 0.05) is 19.4 Å². The van der Waals surface area contributed by atoms with Crippen molar-refractivity contribution in [1.82, 2.24) is 15.8 Å². The first kappa shape index (κ1) is 20.2. The summed E-state index contributed by atoms with van der Waals surface area (Å²) in [7, 11) is 0. The van der Waals surface area contributed by atoms with E-state index >= 15 is 0 Å². The van der Waals surface area contributed by atoms with Crippen molar-refractivity contribution >= 4 is 23.6 Å². The molecule has 1 aliphatic heterocycles. The van der Waals surface area contributed by atoms with Gasteiger partial charge in [0.2, 0.25) is 11.8 Å². The Kier molecular flexibility index (Phi) is 5.07. The van der Waals surface area contributed by atoms with Crippen LogP contribution in [-0.2, 0) is 9.59 Å². The first-order valence-electron chi connectivity index (χ1n) is 11.5. The highest BCUT2D eigenvalue weighted by molar-refractivity contribution is 6.21. The predicted molar refractivity (Wildman–Crippen MR) is 113 cm³/mol. The van der Waals surface area contributed by atoms with Crippen LogP contribution < -0.4 is 10.9 Å². The van der Waals surface area contributed by atoms with E-state index < -0.39 is 0 Å². The Morgan fingerprint density at radius 3 is 1.94 bits per heavy atom. The van der Waals surface area contributed by atoms with Crippen LogP contribution in [0.1, 0.15) is 78.5 Å². The first-order valence-corrected chi connectivity index (χ1v) is 11.5. The highest BCUT2D eigenvalue weighted by Gasteiger charge is 2.51. The first-order chi connectivity index (χ1) is 14.9. The average Bonchev–Trinajstić information content (AvgIpc) is 2.96. The minimum absolute atomic E-state index is 0.115. The second-order valence-corrected chi connectivity index (χ2v) is 10.1. The van der Waals surface area contributed by atoms with Gasteiger partial charge in [0.15, 0.2) is 0 Å². The van der Waals surface area contributed by atoms with Crippen LogP contribution >= 0.6 is 0 Å². The van der Waals surface area contributed by atoms with Gasteiger partial charge in [-0.15, -0.1) is 0 Å². The van der Waals surface area contributed by atoms with Crippen LogP contribution in [0.3, 0.4) is 0 Å². The van der Waals surface area contributed by atoms with E-state index in [9.17, 15) is 19.2 Å². The van der Waals surface area contributed by atoms with Crippen LogP contribution in [0.5, 0.6) is 0 Å². The Hall–Kier alpha value is -2.70. The molecule has 4 amide bonds. The van der Waals surface area contributed by atoms with Crippen molar-refractivity contribution in [3.63, 3.8) is 0 Å². The SMILES string of the molecule is O=C(CCCN1C(=O)c2ccccc2C1=O)NNC(=O)CC12CC3CC(CC(C3)C1)C2. The number of benzene rings is 1. The Bertz CT molecular complexity index is 870. The molecule has 4 bridgehead atoms. The van der Waals surface area contributed by atoms with E-state index in [1.165, 1.54) is 24.2 Å². The minimum Gasteiger partial charge on any atom is -0.274 e. The maximum absolute atomic E-state index is 12.5. The molecule has 4 aliphatic carbocycles. The fourth-order valence-corrected chi connectivity index (χ4v) is 6.93. The number of nitrogens with one attached hydrogen (secondary N) is 2. The monoisotopic (exact) mass is 423 g/mol. The molecule has 0 spiro atoms. The van der Waals surface area contributed by atoms with Gasteiger partial charge < -0.3 is 0 Å². The van der Waals surface area contributed by atoms with Crippen molar-refractivity contribution in [3.05, 3.63) is 35.4 Å². The zero-order chi connectivity index (χ0) is 21.6. The van der Waals surface area contributed by atoms with Crippen LogP contribution in [0.2, 0.25) is 0 Å². The fraction of sp³-hybridized carbons (Fsp3) is 0.583. The molecule has 4 saturated carbocycles. The highest BCUT2D eigenvalue weighted by atomic mass is 16.2. The number of hydrogen-bond donors (Lipinski definition) is 2. The summed E-state index contributed by atoms with van der Waals surface area (Å²) in [4.78, 5) is 50.5. The van der Waals surface area contributed by atoms with Gasteiger partial charge in [-0.2, -0.15) is 0 Å². The number of amides is 4. The number of fused-ring (bicyclic) bond motifs is 1. The maximum atomic E-state index is 12.5. The van der Waals surface area contributed by atoms with E-state index in [4.69, 9.17) is 0 Å². The molecule has 1 heterocycles. The lowest BCUT2D eigenvalue weighted by molar-refractivity contribution is -0.134. The van der Waals surface area contributed by atoms with Crippen molar-refractivity contribution in [2.45, 2.75) is 57.8 Å². The Labute approximate surface area is 181 Å². The van der Waals surface area contributed by atoms with Gasteiger partial charge in [-0.1, -0.05) is 12.1 Å². The van der Waals surface area contributed by atoms with Crippen molar-refractivity contribution in [2.24, 2.45) is 23.2 Å². The normalized spacial score (nSPS) is 30.5. The molecule has 1 aromatic rings. The van der Waals surface area contributed by atoms with E-state index in [0.29, 0.717) is 24.0 Å². The number of hydrazine groups is 1. The molecule has 0 unspecified atom stereocenters. The summed E-state index contributed by atoms with van der Waals surface area (Å²) in [5, 5.41) is 0. The lowest BCUT2D eigenvalue weighted by atomic mass is 9.49. The van der Waals surface area contributed by atoms with Crippen LogP contribution in [0, 0.1) is 23.2 Å². The van der Waals surface area contributed by atoms with Gasteiger partial charge in [0.25, 0.3) is 11.8 Å². The van der Waals surface area contributed by atoms with Gasteiger partial charge in [-0.25, -0.2) is 0 Å². The van der Waals surface area contributed by atoms with E-state index in [2.05, 4.69) is 10.9 Å². The molecule has 4 fully saturated rings. The fourth-order valence-electron chi connectivity index (χ4n) is 6.93. The Morgan fingerprint density at radius 2 is 1.39 bits per heavy atom. The topological polar surface area (TPSA) is 95.6 Å². The van der Waals surface area contributed by atoms with Gasteiger partial charge in [-0.05, 0) is 80.2 Å². The highest BCUT2D eigenvalue weighted by Crippen LogP contribution is 2.61. The molecule has 31 heavy (non-hydrogen) atoms. The summed E-state index contributed by atoms with van der Waals surface area (Å²) in [5.74, 6) is 1.31. The molecule has 1 aromatic carbocycles. The van der Waals surface area contributed by atoms with Crippen molar-refractivity contribution in [2.75, 3.05) is 6.54 Å². The minimum atomic E-state index is -0.315. The largest absolute Gasteiger partial charge is 0.274 e. The quantitative estimate of drug-likeness (QED) is 0.543. The molecule has 2 N–H and O–H groups in total. The molecule has 0 atom stereocenters. The second-order valence-electron chi connectivity index (χ2n) is 10.1. The van der Waals surface area contributed by atoms with Crippen LogP contribution in [-0.4, -0.2) is 35.1 Å². The number of carbonyl (C=O) groups excluding carboxylic acids is 4. The third kappa shape index (κ3) is 3.86. The number of nitrogens with zero attached hydrogens (tertiary/aromatic N) is 1. The summed E-state index contributed by atoms with van der Waals surface area (Å²) in [6.45, 7) is 0.182. The number of carbonyl (C=O) groups is 4. The second kappa shape index (κ2) is 7.77. The smallest absolute Gasteiger partial charge is 0.261 e. The number of rotatable bonds is 6.